The summed E-state index contributed by atoms with van der Waals surface area (Å²) < 4.78 is 6.39. The molecule has 31 heavy (non-hydrogen) atoms. The Morgan fingerprint density at radius 2 is 2.06 bits per heavy atom. The lowest BCUT2D eigenvalue weighted by molar-refractivity contribution is -0.134. The number of β-amino-alcohol motifs (C(OH)–C–C–N with tert-alkyl or cyclic N) is 1. The van der Waals surface area contributed by atoms with E-state index in [-0.39, 0.29) is 18.4 Å². The zero-order valence-corrected chi connectivity index (χ0v) is 19.6. The Hall–Kier alpha value is -2.23. The Kier molecular flexibility index (Phi) is 5.93. The van der Waals surface area contributed by atoms with Crippen LogP contribution < -0.4 is 5.48 Å². The van der Waals surface area contributed by atoms with Crippen LogP contribution >= 0.6 is 15.9 Å². The summed E-state index contributed by atoms with van der Waals surface area (Å²) in [6.45, 7) is 7.87. The lowest BCUT2D eigenvalue weighted by atomic mass is 9.91. The molecule has 3 heterocycles. The minimum Gasteiger partial charge on any atom is -0.391 e. The molecule has 0 saturated carbocycles. The predicted octanol–water partition coefficient (Wildman–Crippen LogP) is 3.25. The summed E-state index contributed by atoms with van der Waals surface area (Å²) in [6, 6.07) is 9.11. The van der Waals surface area contributed by atoms with E-state index in [2.05, 4.69) is 26.6 Å². The van der Waals surface area contributed by atoms with Crippen LogP contribution in [0.5, 0.6) is 0 Å². The number of rotatable bonds is 5. The maximum atomic E-state index is 13.6. The first kappa shape index (κ1) is 22.0. The summed E-state index contributed by atoms with van der Waals surface area (Å²) >= 11 is 3.44. The number of nitrogens with one attached hydrogen (secondary N) is 1. The molecule has 2 aliphatic heterocycles. The van der Waals surface area contributed by atoms with Crippen molar-refractivity contribution in [1.82, 2.24) is 15.5 Å². The lowest BCUT2D eigenvalue weighted by Crippen LogP contribution is -2.46. The molecule has 2 aromatic rings. The zero-order valence-electron chi connectivity index (χ0n) is 18.0. The number of carbonyl (C=O) groups is 1. The Bertz CT molecular complexity index is 990. The molecule has 1 fully saturated rings. The van der Waals surface area contributed by atoms with Crippen LogP contribution in [0.1, 0.15) is 50.1 Å². The van der Waals surface area contributed by atoms with Crippen LogP contribution in [0.3, 0.4) is 0 Å². The molecule has 0 radical (unpaired) electrons. The standard InChI is InChI=1S/C22H27BrN4O4/c1-12(2)19(18-9-13(3)25-30-18)21(29)27-11-16(28)10-17(27)20-24-22(4,31-26-20)14-5-7-15(23)8-6-14/h5-9,12,16-17,19,28H,10-11H2,1-4H3,(H,24,26)/t16-,17+,19+,22?/m1/s1. The average Bonchev–Trinajstić information content (AvgIpc) is 3.41. The molecule has 1 aromatic carbocycles. The molecule has 4 atom stereocenters. The van der Waals surface area contributed by atoms with Gasteiger partial charge in [0.2, 0.25) is 11.6 Å². The molecule has 1 amide bonds. The maximum Gasteiger partial charge on any atom is 0.234 e. The number of likely N-dealkylation sites (tertiary alicyclic amines) is 1. The number of benzene rings is 1. The number of aryl methyl sites for hydroxylation is 1. The first-order valence-corrected chi connectivity index (χ1v) is 11.2. The summed E-state index contributed by atoms with van der Waals surface area (Å²) in [7, 11) is 0. The van der Waals surface area contributed by atoms with Gasteiger partial charge in [-0.15, -0.1) is 0 Å². The number of carbonyl (C=O) groups excluding carboxylic acids is 1. The maximum absolute atomic E-state index is 13.6. The first-order chi connectivity index (χ1) is 14.7. The van der Waals surface area contributed by atoms with Gasteiger partial charge in [-0.25, -0.2) is 15.3 Å². The van der Waals surface area contributed by atoms with Crippen LogP contribution in [-0.4, -0.2) is 45.6 Å². The molecule has 1 saturated heterocycles. The Morgan fingerprint density at radius 3 is 2.68 bits per heavy atom. The summed E-state index contributed by atoms with van der Waals surface area (Å²) in [4.78, 5) is 25.9. The molecule has 8 nitrogen and oxygen atoms in total. The molecule has 0 spiro atoms. The second kappa shape index (κ2) is 8.37. The van der Waals surface area contributed by atoms with E-state index in [9.17, 15) is 9.90 Å². The normalized spacial score (nSPS) is 26.8. The second-order valence-electron chi connectivity index (χ2n) is 8.68. The highest BCUT2D eigenvalue weighted by Crippen LogP contribution is 2.35. The fraction of sp³-hybridized carbons (Fsp3) is 0.500. The Balaban J connectivity index is 1.62. The summed E-state index contributed by atoms with van der Waals surface area (Å²) in [5.74, 6) is 0.465. The highest BCUT2D eigenvalue weighted by molar-refractivity contribution is 9.10. The fourth-order valence-electron chi connectivity index (χ4n) is 4.21. The van der Waals surface area contributed by atoms with Crippen molar-refractivity contribution in [3.05, 3.63) is 51.8 Å². The average molecular weight is 491 g/mol. The van der Waals surface area contributed by atoms with Gasteiger partial charge in [-0.1, -0.05) is 47.1 Å². The number of aliphatic hydroxyl groups excluding tert-OH is 1. The van der Waals surface area contributed by atoms with E-state index < -0.39 is 23.8 Å². The zero-order chi connectivity index (χ0) is 22.3. The van der Waals surface area contributed by atoms with E-state index in [1.165, 1.54) is 0 Å². The SMILES string of the molecule is Cc1cc([C@@H](C(=O)N2C[C@H](O)C[C@H]2C2=NC(C)(c3ccc(Br)cc3)ON2)C(C)C)on1. The molecule has 0 bridgehead atoms. The number of hydrogen-bond donors (Lipinski definition) is 2. The highest BCUT2D eigenvalue weighted by atomic mass is 79.9. The van der Waals surface area contributed by atoms with Crippen LogP contribution in [0, 0.1) is 12.8 Å². The topological polar surface area (TPSA) is 100 Å². The molecule has 9 heteroatoms. The monoisotopic (exact) mass is 490 g/mol. The molecule has 1 aromatic heterocycles. The van der Waals surface area contributed by atoms with Gasteiger partial charge >= 0.3 is 0 Å². The van der Waals surface area contributed by atoms with E-state index in [0.717, 1.165) is 15.7 Å². The van der Waals surface area contributed by atoms with Gasteiger partial charge in [0.1, 0.15) is 17.5 Å². The van der Waals surface area contributed by atoms with Gasteiger partial charge < -0.3 is 14.5 Å². The van der Waals surface area contributed by atoms with Crippen molar-refractivity contribution in [1.29, 1.82) is 0 Å². The van der Waals surface area contributed by atoms with Gasteiger partial charge in [-0.05, 0) is 31.9 Å². The molecule has 4 rings (SSSR count). The minimum absolute atomic E-state index is 0.000926. The summed E-state index contributed by atoms with van der Waals surface area (Å²) in [5.41, 5.74) is 3.61. The van der Waals surface area contributed by atoms with Crippen molar-refractivity contribution < 1.29 is 19.3 Å². The van der Waals surface area contributed by atoms with Gasteiger partial charge in [-0.3, -0.25) is 4.79 Å². The van der Waals surface area contributed by atoms with Gasteiger partial charge in [0.15, 0.2) is 0 Å². The highest BCUT2D eigenvalue weighted by Gasteiger charge is 2.45. The van der Waals surface area contributed by atoms with Crippen molar-refractivity contribution in [2.75, 3.05) is 6.54 Å². The number of halogens is 1. The van der Waals surface area contributed by atoms with Gasteiger partial charge in [0.05, 0.1) is 17.8 Å². The van der Waals surface area contributed by atoms with Crippen LogP contribution in [0.15, 0.2) is 44.3 Å². The molecular formula is C22H27BrN4O4. The van der Waals surface area contributed by atoms with Gasteiger partial charge in [0, 0.05) is 29.1 Å². The largest absolute Gasteiger partial charge is 0.391 e. The van der Waals surface area contributed by atoms with E-state index >= 15 is 0 Å². The number of hydroxylamine groups is 1. The number of aliphatic hydroxyl groups is 1. The molecule has 1 unspecified atom stereocenters. The summed E-state index contributed by atoms with van der Waals surface area (Å²) in [5, 5.41) is 14.3. The van der Waals surface area contributed by atoms with Crippen molar-refractivity contribution in [3.63, 3.8) is 0 Å². The Morgan fingerprint density at radius 1 is 1.35 bits per heavy atom. The minimum atomic E-state index is -0.919. The third kappa shape index (κ3) is 4.26. The van der Waals surface area contributed by atoms with Crippen molar-refractivity contribution in [2.45, 2.75) is 57.9 Å². The number of amides is 1. The van der Waals surface area contributed by atoms with Crippen LogP contribution in [0.4, 0.5) is 0 Å². The van der Waals surface area contributed by atoms with E-state index in [0.29, 0.717) is 18.0 Å². The fourth-order valence-corrected chi connectivity index (χ4v) is 4.48. The number of aliphatic imine (C=N–C) groups is 1. The van der Waals surface area contributed by atoms with Crippen molar-refractivity contribution in [3.8, 4) is 0 Å². The van der Waals surface area contributed by atoms with E-state index in [1.54, 1.807) is 11.0 Å². The number of hydrogen-bond acceptors (Lipinski definition) is 7. The quantitative estimate of drug-likeness (QED) is 0.666. The lowest BCUT2D eigenvalue weighted by Gasteiger charge is -2.29. The molecule has 166 valence electrons. The van der Waals surface area contributed by atoms with Crippen molar-refractivity contribution in [2.24, 2.45) is 10.9 Å². The van der Waals surface area contributed by atoms with Crippen LogP contribution in [-0.2, 0) is 15.4 Å². The molecule has 2 aliphatic rings. The Labute approximate surface area is 189 Å². The van der Waals surface area contributed by atoms with Crippen LogP contribution in [0.2, 0.25) is 0 Å². The van der Waals surface area contributed by atoms with Crippen LogP contribution in [0.25, 0.3) is 0 Å². The van der Waals surface area contributed by atoms with E-state index in [1.807, 2.05) is 52.0 Å². The number of amidine groups is 1. The smallest absolute Gasteiger partial charge is 0.234 e. The number of aromatic nitrogens is 1. The molecule has 0 aliphatic carbocycles. The summed E-state index contributed by atoms with van der Waals surface area (Å²) in [6.07, 6.45) is -0.250. The third-order valence-electron chi connectivity index (χ3n) is 5.83. The molecular weight excluding hydrogens is 464 g/mol. The predicted molar refractivity (Wildman–Crippen MR) is 118 cm³/mol. The second-order valence-corrected chi connectivity index (χ2v) is 9.59. The molecule has 2 N–H and O–H groups in total. The third-order valence-corrected chi connectivity index (χ3v) is 6.36. The van der Waals surface area contributed by atoms with E-state index in [4.69, 9.17) is 14.4 Å². The van der Waals surface area contributed by atoms with Crippen molar-refractivity contribution >= 4 is 27.7 Å². The number of nitrogens with zero attached hydrogens (tertiary/aromatic N) is 3. The van der Waals surface area contributed by atoms with Gasteiger partial charge in [0.25, 0.3) is 0 Å². The first-order valence-electron chi connectivity index (χ1n) is 10.4. The van der Waals surface area contributed by atoms with Gasteiger partial charge in [-0.2, -0.15) is 0 Å².